The zero-order chi connectivity index (χ0) is 31.4. The Hall–Kier alpha value is -4.71. The maximum absolute atomic E-state index is 12.7. The van der Waals surface area contributed by atoms with Gasteiger partial charge in [0.2, 0.25) is 0 Å². The van der Waals surface area contributed by atoms with Crippen LogP contribution < -0.4 is 14.9 Å². The highest BCUT2D eigenvalue weighted by atomic mass is 32.1. The molecule has 0 aliphatic heterocycles. The number of aromatic nitrogens is 4. The monoisotopic (exact) mass is 620 g/mol. The normalized spacial score (nSPS) is 12.0. The van der Waals surface area contributed by atoms with E-state index in [4.69, 9.17) is 0 Å². The van der Waals surface area contributed by atoms with Gasteiger partial charge in [0, 0.05) is 23.2 Å². The molecule has 44 heavy (non-hydrogen) atoms. The Morgan fingerprint density at radius 2 is 1.68 bits per heavy atom. The molecule has 0 spiro atoms. The van der Waals surface area contributed by atoms with Crippen molar-refractivity contribution in [2.24, 2.45) is 4.99 Å². The number of halogens is 3. The average molecular weight is 621 g/mol. The van der Waals surface area contributed by atoms with Gasteiger partial charge in [-0.3, -0.25) is 4.57 Å². The number of carbonyl (C=O) groups excluding carboxylic acids is 1. The van der Waals surface area contributed by atoms with Crippen molar-refractivity contribution in [1.29, 1.82) is 0 Å². The number of nitrogens with one attached hydrogen (secondary N) is 1. The zero-order valence-electron chi connectivity index (χ0n) is 24.6. The SMILES string of the molecule is Cc1cc(C)c(-n2c(C)csc2=NC(=O)NCCCc2ccc(-c3ncn(-c4ccc(OC(F)(F)F)cc4)n3)cc2)c(C)c1. The highest BCUT2D eigenvalue weighted by Gasteiger charge is 2.31. The lowest BCUT2D eigenvalue weighted by molar-refractivity contribution is -0.274. The van der Waals surface area contributed by atoms with E-state index in [0.717, 1.165) is 46.5 Å². The number of amides is 2. The fraction of sp³-hybridized carbons (Fsp3) is 0.250. The smallest absolute Gasteiger partial charge is 0.406 e. The third kappa shape index (κ3) is 7.43. The summed E-state index contributed by atoms with van der Waals surface area (Å²) in [6.45, 7) is 8.71. The first-order valence-corrected chi connectivity index (χ1v) is 14.8. The van der Waals surface area contributed by atoms with E-state index in [9.17, 15) is 18.0 Å². The van der Waals surface area contributed by atoms with Crippen molar-refractivity contribution < 1.29 is 22.7 Å². The van der Waals surface area contributed by atoms with Gasteiger partial charge in [0.15, 0.2) is 10.6 Å². The third-order valence-corrected chi connectivity index (χ3v) is 7.84. The van der Waals surface area contributed by atoms with Crippen molar-refractivity contribution in [3.8, 4) is 28.5 Å². The van der Waals surface area contributed by atoms with E-state index in [1.54, 1.807) is 0 Å². The minimum atomic E-state index is -4.74. The highest BCUT2D eigenvalue weighted by Crippen LogP contribution is 2.25. The van der Waals surface area contributed by atoms with Crippen LogP contribution in [-0.4, -0.2) is 38.3 Å². The average Bonchev–Trinajstić information content (AvgIpc) is 3.58. The molecule has 0 radical (unpaired) electrons. The summed E-state index contributed by atoms with van der Waals surface area (Å²) in [4.78, 5) is 22.0. The van der Waals surface area contributed by atoms with E-state index in [1.807, 2.05) is 41.1 Å². The molecule has 0 saturated heterocycles. The predicted molar refractivity (Wildman–Crippen MR) is 163 cm³/mol. The molecule has 0 aliphatic carbocycles. The second kappa shape index (κ2) is 12.9. The van der Waals surface area contributed by atoms with E-state index in [-0.39, 0.29) is 11.8 Å². The van der Waals surface area contributed by atoms with Gasteiger partial charge < -0.3 is 10.1 Å². The first kappa shape index (κ1) is 30.7. The molecule has 8 nitrogen and oxygen atoms in total. The van der Waals surface area contributed by atoms with E-state index in [0.29, 0.717) is 22.9 Å². The van der Waals surface area contributed by atoms with Gasteiger partial charge in [0.1, 0.15) is 12.1 Å². The van der Waals surface area contributed by atoms with Crippen molar-refractivity contribution in [1.82, 2.24) is 24.6 Å². The number of hydrogen-bond donors (Lipinski definition) is 1. The Morgan fingerprint density at radius 1 is 1.00 bits per heavy atom. The first-order valence-electron chi connectivity index (χ1n) is 13.9. The molecule has 0 saturated carbocycles. The summed E-state index contributed by atoms with van der Waals surface area (Å²) < 4.78 is 44.6. The summed E-state index contributed by atoms with van der Waals surface area (Å²) in [6, 6.07) is 17.1. The molecule has 228 valence electrons. The first-order chi connectivity index (χ1) is 21.0. The van der Waals surface area contributed by atoms with Gasteiger partial charge in [0.05, 0.1) is 11.4 Å². The topological polar surface area (TPSA) is 86.3 Å². The van der Waals surface area contributed by atoms with Gasteiger partial charge in [-0.05, 0) is 81.5 Å². The molecule has 0 bridgehead atoms. The Kier molecular flexibility index (Phi) is 9.00. The molecule has 0 aliphatic rings. The van der Waals surface area contributed by atoms with E-state index >= 15 is 0 Å². The highest BCUT2D eigenvalue weighted by molar-refractivity contribution is 7.07. The third-order valence-electron chi connectivity index (χ3n) is 6.89. The van der Waals surface area contributed by atoms with E-state index < -0.39 is 6.36 Å². The standard InChI is InChI=1S/C32H31F3N6O2S/c1-20-16-21(2)28(22(3)17-20)41-23(4)18-44-31(41)38-30(42)36-15-5-6-24-7-9-25(10-8-24)29-37-19-40(39-29)26-11-13-27(14-12-26)43-32(33,34)35/h7-14,16-19H,5-6,15H2,1-4H3,(H,36,42). The van der Waals surface area contributed by atoms with Crippen LogP contribution in [-0.2, 0) is 6.42 Å². The fourth-order valence-corrected chi connectivity index (χ4v) is 5.88. The maximum Gasteiger partial charge on any atom is 0.573 e. The molecule has 5 rings (SSSR count). The zero-order valence-corrected chi connectivity index (χ0v) is 25.5. The summed E-state index contributed by atoms with van der Waals surface area (Å²) in [5.41, 5.74) is 7.99. The molecule has 2 aromatic heterocycles. The largest absolute Gasteiger partial charge is 0.573 e. The Labute approximate surface area is 256 Å². The predicted octanol–water partition coefficient (Wildman–Crippen LogP) is 7.16. The quantitative estimate of drug-likeness (QED) is 0.187. The second-order valence-electron chi connectivity index (χ2n) is 10.4. The number of nitrogens with zero attached hydrogens (tertiary/aromatic N) is 5. The van der Waals surface area contributed by atoms with Crippen LogP contribution >= 0.6 is 11.3 Å². The molecule has 1 N–H and O–H groups in total. The summed E-state index contributed by atoms with van der Waals surface area (Å²) in [5.74, 6) is 0.179. The van der Waals surface area contributed by atoms with Gasteiger partial charge in [-0.1, -0.05) is 42.0 Å². The van der Waals surface area contributed by atoms with Crippen molar-refractivity contribution in [2.45, 2.75) is 46.9 Å². The number of alkyl halides is 3. The molecule has 12 heteroatoms. The minimum absolute atomic E-state index is 0.305. The Balaban J connectivity index is 1.15. The Bertz CT molecular complexity index is 1810. The van der Waals surface area contributed by atoms with Crippen LogP contribution in [0.4, 0.5) is 18.0 Å². The number of aryl methyl sites for hydroxylation is 5. The minimum Gasteiger partial charge on any atom is -0.406 e. The molecule has 5 aromatic rings. The number of urea groups is 1. The van der Waals surface area contributed by atoms with Crippen molar-refractivity contribution in [3.05, 3.63) is 105 Å². The lowest BCUT2D eigenvalue weighted by atomic mass is 10.0. The molecule has 0 atom stereocenters. The number of thiazole rings is 1. The van der Waals surface area contributed by atoms with Crippen molar-refractivity contribution in [2.75, 3.05) is 6.54 Å². The van der Waals surface area contributed by atoms with Crippen LogP contribution in [0.5, 0.6) is 5.75 Å². The van der Waals surface area contributed by atoms with Crippen LogP contribution in [0.25, 0.3) is 22.8 Å². The summed E-state index contributed by atoms with van der Waals surface area (Å²) in [6.07, 6.45) is -1.75. The molecule has 2 amide bonds. The van der Waals surface area contributed by atoms with Gasteiger partial charge >= 0.3 is 12.4 Å². The van der Waals surface area contributed by atoms with E-state index in [2.05, 4.69) is 58.0 Å². The van der Waals surface area contributed by atoms with Crippen LogP contribution in [0.15, 0.2) is 77.4 Å². The molecule has 0 unspecified atom stereocenters. The fourth-order valence-electron chi connectivity index (χ4n) is 5.02. The van der Waals surface area contributed by atoms with Gasteiger partial charge in [0.25, 0.3) is 0 Å². The number of rotatable bonds is 8. The van der Waals surface area contributed by atoms with Crippen molar-refractivity contribution >= 4 is 17.4 Å². The lowest BCUT2D eigenvalue weighted by Gasteiger charge is -2.14. The number of hydrogen-bond acceptors (Lipinski definition) is 5. The summed E-state index contributed by atoms with van der Waals surface area (Å²) >= 11 is 1.44. The molecule has 2 heterocycles. The van der Waals surface area contributed by atoms with Crippen LogP contribution in [0, 0.1) is 27.7 Å². The van der Waals surface area contributed by atoms with Gasteiger partial charge in [-0.2, -0.15) is 4.99 Å². The van der Waals surface area contributed by atoms with Crippen molar-refractivity contribution in [3.63, 3.8) is 0 Å². The van der Waals surface area contributed by atoms with E-state index in [1.165, 1.54) is 52.2 Å². The number of benzene rings is 3. The number of ether oxygens (including phenoxy) is 1. The second-order valence-corrected chi connectivity index (χ2v) is 11.3. The Morgan fingerprint density at radius 3 is 2.34 bits per heavy atom. The molecule has 0 fully saturated rings. The molecular weight excluding hydrogens is 589 g/mol. The lowest BCUT2D eigenvalue weighted by Crippen LogP contribution is -2.26. The van der Waals surface area contributed by atoms with Crippen LogP contribution in [0.2, 0.25) is 0 Å². The van der Waals surface area contributed by atoms with Gasteiger partial charge in [-0.25, -0.2) is 14.5 Å². The molecular formula is C32H31F3N6O2S. The molecule has 3 aromatic carbocycles. The van der Waals surface area contributed by atoms with Crippen LogP contribution in [0.3, 0.4) is 0 Å². The summed E-state index contributed by atoms with van der Waals surface area (Å²) in [5, 5.41) is 9.34. The maximum atomic E-state index is 12.7. The number of carbonyl (C=O) groups is 1. The summed E-state index contributed by atoms with van der Waals surface area (Å²) in [7, 11) is 0. The van der Waals surface area contributed by atoms with Gasteiger partial charge in [-0.15, -0.1) is 29.6 Å². The van der Waals surface area contributed by atoms with Crippen LogP contribution in [0.1, 0.15) is 34.4 Å².